The minimum absolute atomic E-state index is 0.0820. The van der Waals surface area contributed by atoms with Gasteiger partial charge >= 0.3 is 0 Å². The van der Waals surface area contributed by atoms with Crippen LogP contribution in [0.3, 0.4) is 0 Å². The number of para-hydroxylation sites is 1. The fourth-order valence-corrected chi connectivity index (χ4v) is 4.73. The van der Waals surface area contributed by atoms with E-state index in [1.165, 1.54) is 50.4 Å². The minimum atomic E-state index is -3.84. The van der Waals surface area contributed by atoms with Gasteiger partial charge in [-0.15, -0.1) is 0 Å². The lowest BCUT2D eigenvalue weighted by atomic mass is 10.3. The molecule has 0 spiro atoms. The Bertz CT molecular complexity index is 1190. The summed E-state index contributed by atoms with van der Waals surface area (Å²) in [6, 6.07) is 12.4. The zero-order valence-corrected chi connectivity index (χ0v) is 16.6. The van der Waals surface area contributed by atoms with Crippen molar-refractivity contribution in [2.75, 3.05) is 26.2 Å². The van der Waals surface area contributed by atoms with Crippen LogP contribution in [0, 0.1) is 11.6 Å². The Balaban J connectivity index is 1.45. The van der Waals surface area contributed by atoms with Crippen LogP contribution < -0.4 is 0 Å². The van der Waals surface area contributed by atoms with E-state index in [1.807, 2.05) is 0 Å². The van der Waals surface area contributed by atoms with Crippen LogP contribution in [-0.4, -0.2) is 59.5 Å². The van der Waals surface area contributed by atoms with Crippen LogP contribution in [0.5, 0.6) is 0 Å². The molecule has 3 aromatic rings. The molecule has 0 unspecified atom stereocenters. The van der Waals surface area contributed by atoms with E-state index in [4.69, 9.17) is 0 Å². The zero-order valence-electron chi connectivity index (χ0n) is 15.8. The molecule has 10 heteroatoms. The molecule has 1 amide bonds. The van der Waals surface area contributed by atoms with E-state index < -0.39 is 21.7 Å². The summed E-state index contributed by atoms with van der Waals surface area (Å²) >= 11 is 0. The molecule has 1 aliphatic heterocycles. The van der Waals surface area contributed by atoms with Crippen LogP contribution in [0.15, 0.2) is 65.7 Å². The first-order valence-electron chi connectivity index (χ1n) is 9.22. The monoisotopic (exact) mass is 432 g/mol. The minimum Gasteiger partial charge on any atom is -0.335 e. The van der Waals surface area contributed by atoms with E-state index in [1.54, 1.807) is 18.2 Å². The highest BCUT2D eigenvalue weighted by Crippen LogP contribution is 2.19. The lowest BCUT2D eigenvalue weighted by molar-refractivity contribution is 0.0691. The summed E-state index contributed by atoms with van der Waals surface area (Å²) in [7, 11) is -3.84. The molecule has 2 heterocycles. The second-order valence-corrected chi connectivity index (χ2v) is 8.69. The van der Waals surface area contributed by atoms with Crippen molar-refractivity contribution in [1.82, 2.24) is 19.0 Å². The average Bonchev–Trinajstić information content (AvgIpc) is 3.23. The maximum absolute atomic E-state index is 13.9. The van der Waals surface area contributed by atoms with Crippen molar-refractivity contribution in [2.45, 2.75) is 4.90 Å². The van der Waals surface area contributed by atoms with E-state index >= 15 is 0 Å². The Hall–Kier alpha value is -3.11. The maximum atomic E-state index is 13.9. The number of rotatable bonds is 4. The molecule has 0 N–H and O–H groups in total. The van der Waals surface area contributed by atoms with Crippen LogP contribution in [0.1, 0.15) is 10.5 Å². The number of carbonyl (C=O) groups is 1. The normalized spacial score (nSPS) is 15.3. The van der Waals surface area contributed by atoms with Crippen LogP contribution in [0.4, 0.5) is 8.78 Å². The van der Waals surface area contributed by atoms with Gasteiger partial charge in [0.1, 0.15) is 17.3 Å². The van der Waals surface area contributed by atoms with Gasteiger partial charge in [0, 0.05) is 32.4 Å². The summed E-state index contributed by atoms with van der Waals surface area (Å²) in [5, 5.41) is 4.15. The van der Waals surface area contributed by atoms with Gasteiger partial charge in [-0.1, -0.05) is 18.2 Å². The Morgan fingerprint density at radius 1 is 0.933 bits per heavy atom. The summed E-state index contributed by atoms with van der Waals surface area (Å²) in [5.41, 5.74) is 0.363. The lowest BCUT2D eigenvalue weighted by Crippen LogP contribution is -2.50. The van der Waals surface area contributed by atoms with Crippen LogP contribution >= 0.6 is 0 Å². The Morgan fingerprint density at radius 2 is 1.67 bits per heavy atom. The Kier molecular flexibility index (Phi) is 5.35. The number of benzene rings is 2. The van der Waals surface area contributed by atoms with Gasteiger partial charge in [0.05, 0.1) is 4.90 Å². The van der Waals surface area contributed by atoms with Gasteiger partial charge in [-0.2, -0.15) is 9.40 Å². The topological polar surface area (TPSA) is 75.5 Å². The second kappa shape index (κ2) is 7.96. The van der Waals surface area contributed by atoms with Gasteiger partial charge in [0.25, 0.3) is 5.91 Å². The number of carbonyl (C=O) groups excluding carboxylic acids is 1. The number of sulfonamides is 1. The van der Waals surface area contributed by atoms with Gasteiger partial charge in [-0.05, 0) is 36.4 Å². The smallest absolute Gasteiger partial charge is 0.274 e. The Labute approximate surface area is 172 Å². The first-order valence-corrected chi connectivity index (χ1v) is 10.7. The second-order valence-electron chi connectivity index (χ2n) is 6.75. The number of nitrogens with zero attached hydrogens (tertiary/aromatic N) is 4. The molecule has 1 saturated heterocycles. The number of hydrogen-bond acceptors (Lipinski definition) is 4. The Morgan fingerprint density at radius 3 is 2.37 bits per heavy atom. The molecule has 0 radical (unpaired) electrons. The summed E-state index contributed by atoms with van der Waals surface area (Å²) in [5.74, 6) is -1.46. The highest BCUT2D eigenvalue weighted by Gasteiger charge is 2.31. The molecule has 1 aromatic heterocycles. The van der Waals surface area contributed by atoms with Crippen molar-refractivity contribution in [1.29, 1.82) is 0 Å². The van der Waals surface area contributed by atoms with Crippen molar-refractivity contribution in [3.05, 3.63) is 78.1 Å². The number of piperazine rings is 1. The maximum Gasteiger partial charge on any atom is 0.274 e. The van der Waals surface area contributed by atoms with E-state index in [9.17, 15) is 22.0 Å². The van der Waals surface area contributed by atoms with E-state index in [-0.39, 0.29) is 48.4 Å². The molecule has 7 nitrogen and oxygen atoms in total. The molecule has 2 aromatic carbocycles. The van der Waals surface area contributed by atoms with Gasteiger partial charge < -0.3 is 4.90 Å². The molecule has 156 valence electrons. The molecule has 30 heavy (non-hydrogen) atoms. The first-order chi connectivity index (χ1) is 14.4. The molecule has 0 saturated carbocycles. The van der Waals surface area contributed by atoms with Crippen molar-refractivity contribution >= 4 is 15.9 Å². The fourth-order valence-electron chi connectivity index (χ4n) is 3.28. The quantitative estimate of drug-likeness (QED) is 0.634. The third-order valence-corrected chi connectivity index (χ3v) is 6.76. The molecule has 0 aliphatic carbocycles. The third-order valence-electron chi connectivity index (χ3n) is 4.87. The highest BCUT2D eigenvalue weighted by molar-refractivity contribution is 7.89. The van der Waals surface area contributed by atoms with E-state index in [0.717, 1.165) is 6.07 Å². The van der Waals surface area contributed by atoms with Gasteiger partial charge in [-0.3, -0.25) is 4.79 Å². The predicted octanol–water partition coefficient (Wildman–Crippen LogP) is 2.30. The van der Waals surface area contributed by atoms with Crippen molar-refractivity contribution in [3.8, 4) is 5.69 Å². The zero-order chi connectivity index (χ0) is 21.3. The van der Waals surface area contributed by atoms with E-state index in [2.05, 4.69) is 5.10 Å². The number of aromatic nitrogens is 2. The number of amides is 1. The SMILES string of the molecule is O=C(c1ccn(-c2ccccc2F)n1)N1CCN(S(=O)(=O)c2cccc(F)c2)CC1. The number of hydrogen-bond donors (Lipinski definition) is 0. The standard InChI is InChI=1S/C20H18F2N4O3S/c21-15-4-3-5-16(14-15)30(28,29)25-12-10-24(11-13-25)20(27)18-8-9-26(23-18)19-7-2-1-6-17(19)22/h1-9,14H,10-13H2. The van der Waals surface area contributed by atoms with Gasteiger partial charge in [0.15, 0.2) is 5.69 Å². The van der Waals surface area contributed by atoms with Crippen LogP contribution in [0.2, 0.25) is 0 Å². The van der Waals surface area contributed by atoms with Crippen molar-refractivity contribution in [2.24, 2.45) is 0 Å². The van der Waals surface area contributed by atoms with Gasteiger partial charge in [0.2, 0.25) is 10.0 Å². The molecule has 4 rings (SSSR count). The summed E-state index contributed by atoms with van der Waals surface area (Å²) in [4.78, 5) is 14.1. The van der Waals surface area contributed by atoms with E-state index in [0.29, 0.717) is 0 Å². The summed E-state index contributed by atoms with van der Waals surface area (Å²) in [6.45, 7) is 0.497. The fraction of sp³-hybridized carbons (Fsp3) is 0.200. The largest absolute Gasteiger partial charge is 0.335 e. The van der Waals surface area contributed by atoms with Crippen molar-refractivity contribution in [3.63, 3.8) is 0 Å². The first kappa shape index (κ1) is 20.2. The summed E-state index contributed by atoms with van der Waals surface area (Å²) in [6.07, 6.45) is 1.50. The molecule has 1 aliphatic rings. The molecular formula is C20H18F2N4O3S. The molecule has 1 fully saturated rings. The van der Waals surface area contributed by atoms with Crippen molar-refractivity contribution < 1.29 is 22.0 Å². The lowest BCUT2D eigenvalue weighted by Gasteiger charge is -2.33. The average molecular weight is 432 g/mol. The number of halogens is 2. The summed E-state index contributed by atoms with van der Waals surface area (Å²) < 4.78 is 55.2. The van der Waals surface area contributed by atoms with Crippen LogP contribution in [0.25, 0.3) is 5.69 Å². The predicted molar refractivity (Wildman–Crippen MR) is 105 cm³/mol. The molecule has 0 bridgehead atoms. The molecule has 0 atom stereocenters. The third kappa shape index (κ3) is 3.83. The molecular weight excluding hydrogens is 414 g/mol. The highest BCUT2D eigenvalue weighted by atomic mass is 32.2. The van der Waals surface area contributed by atoms with Gasteiger partial charge in [-0.25, -0.2) is 21.9 Å². The van der Waals surface area contributed by atoms with Crippen LogP contribution in [-0.2, 0) is 10.0 Å².